The monoisotopic (exact) mass is 253 g/mol. The molecule has 0 aliphatic carbocycles. The van der Waals surface area contributed by atoms with Crippen LogP contribution >= 0.6 is 0 Å². The topological polar surface area (TPSA) is 32.5 Å². The highest BCUT2D eigenvalue weighted by molar-refractivity contribution is 4.86. The van der Waals surface area contributed by atoms with Crippen molar-refractivity contribution in [2.75, 3.05) is 39.3 Å². The molecule has 0 spiro atoms. The van der Waals surface area contributed by atoms with E-state index in [0.29, 0.717) is 0 Å². The van der Waals surface area contributed by atoms with E-state index in [1.165, 1.54) is 71.2 Å². The smallest absolute Gasteiger partial charge is 0.0224 e. The van der Waals surface area contributed by atoms with Gasteiger partial charge >= 0.3 is 0 Å². The molecule has 2 saturated heterocycles. The predicted molar refractivity (Wildman–Crippen MR) is 77.7 cm³/mol. The molecule has 0 saturated carbocycles. The molecule has 0 amide bonds. The Morgan fingerprint density at radius 1 is 1.22 bits per heavy atom. The molecule has 2 N–H and O–H groups in total. The van der Waals surface area contributed by atoms with Crippen LogP contribution < -0.4 is 5.73 Å². The molecule has 18 heavy (non-hydrogen) atoms. The van der Waals surface area contributed by atoms with Gasteiger partial charge in [-0.05, 0) is 57.7 Å². The van der Waals surface area contributed by atoms with E-state index in [2.05, 4.69) is 16.7 Å². The van der Waals surface area contributed by atoms with Crippen LogP contribution in [0.1, 0.15) is 45.4 Å². The van der Waals surface area contributed by atoms with Crippen molar-refractivity contribution >= 4 is 0 Å². The Morgan fingerprint density at radius 2 is 2.11 bits per heavy atom. The third kappa shape index (κ3) is 3.94. The number of hydrogen-bond acceptors (Lipinski definition) is 3. The van der Waals surface area contributed by atoms with Gasteiger partial charge in [0.25, 0.3) is 0 Å². The first-order valence-electron chi connectivity index (χ1n) is 8.00. The molecule has 3 heteroatoms. The lowest BCUT2D eigenvalue weighted by atomic mass is 9.96. The van der Waals surface area contributed by atoms with Gasteiger partial charge in [-0.1, -0.05) is 13.3 Å². The highest BCUT2D eigenvalue weighted by atomic mass is 15.3. The summed E-state index contributed by atoms with van der Waals surface area (Å²) in [6, 6.07) is 0.879. The molecule has 0 aromatic carbocycles. The van der Waals surface area contributed by atoms with E-state index in [9.17, 15) is 0 Å². The molecule has 0 radical (unpaired) electrons. The van der Waals surface area contributed by atoms with Crippen LogP contribution in [0.15, 0.2) is 0 Å². The van der Waals surface area contributed by atoms with Crippen molar-refractivity contribution in [1.82, 2.24) is 9.80 Å². The number of nitrogens with zero attached hydrogens (tertiary/aromatic N) is 2. The second-order valence-corrected chi connectivity index (χ2v) is 6.13. The van der Waals surface area contributed by atoms with E-state index < -0.39 is 0 Å². The third-order valence-corrected chi connectivity index (χ3v) is 4.91. The van der Waals surface area contributed by atoms with Gasteiger partial charge in [0.2, 0.25) is 0 Å². The molecule has 2 heterocycles. The zero-order chi connectivity index (χ0) is 12.8. The van der Waals surface area contributed by atoms with Gasteiger partial charge in [-0.25, -0.2) is 0 Å². The number of fused-ring (bicyclic) bond motifs is 1. The van der Waals surface area contributed by atoms with E-state index in [0.717, 1.165) is 18.5 Å². The highest BCUT2D eigenvalue weighted by Crippen LogP contribution is 2.22. The second kappa shape index (κ2) is 7.46. The molecule has 2 atom stereocenters. The normalized spacial score (nSPS) is 27.3. The number of rotatable bonds is 7. The Labute approximate surface area is 113 Å². The molecule has 106 valence electrons. The van der Waals surface area contributed by atoms with Crippen LogP contribution in [-0.2, 0) is 0 Å². The molecule has 2 aliphatic rings. The van der Waals surface area contributed by atoms with Gasteiger partial charge in [-0.2, -0.15) is 0 Å². The fourth-order valence-corrected chi connectivity index (χ4v) is 3.65. The van der Waals surface area contributed by atoms with E-state index in [-0.39, 0.29) is 0 Å². The zero-order valence-corrected chi connectivity index (χ0v) is 12.1. The highest BCUT2D eigenvalue weighted by Gasteiger charge is 2.29. The van der Waals surface area contributed by atoms with Crippen LogP contribution in [0.4, 0.5) is 0 Å². The van der Waals surface area contributed by atoms with E-state index in [1.807, 2.05) is 0 Å². The minimum atomic E-state index is 0.860. The van der Waals surface area contributed by atoms with Crippen LogP contribution in [-0.4, -0.2) is 55.1 Å². The lowest BCUT2D eigenvalue weighted by Crippen LogP contribution is -2.50. The number of piperazine rings is 1. The summed E-state index contributed by atoms with van der Waals surface area (Å²) in [5.41, 5.74) is 5.66. The van der Waals surface area contributed by atoms with Gasteiger partial charge in [-0.3, -0.25) is 4.90 Å². The largest absolute Gasteiger partial charge is 0.330 e. The minimum Gasteiger partial charge on any atom is -0.330 e. The van der Waals surface area contributed by atoms with Gasteiger partial charge in [0, 0.05) is 25.7 Å². The first kappa shape index (κ1) is 14.3. The Morgan fingerprint density at radius 3 is 2.89 bits per heavy atom. The van der Waals surface area contributed by atoms with Crippen molar-refractivity contribution < 1.29 is 0 Å². The molecular weight excluding hydrogens is 222 g/mol. The minimum absolute atomic E-state index is 0.860. The van der Waals surface area contributed by atoms with Crippen LogP contribution in [0.25, 0.3) is 0 Å². The van der Waals surface area contributed by atoms with Crippen LogP contribution in [0.5, 0.6) is 0 Å². The van der Waals surface area contributed by atoms with E-state index >= 15 is 0 Å². The average molecular weight is 253 g/mol. The maximum absolute atomic E-state index is 5.66. The summed E-state index contributed by atoms with van der Waals surface area (Å²) in [7, 11) is 0. The molecule has 2 unspecified atom stereocenters. The number of nitrogens with two attached hydrogens (primary N) is 1. The predicted octanol–water partition coefficient (Wildman–Crippen LogP) is 1.92. The maximum Gasteiger partial charge on any atom is 0.0224 e. The lowest BCUT2D eigenvalue weighted by Gasteiger charge is -2.37. The molecule has 2 fully saturated rings. The van der Waals surface area contributed by atoms with Crippen LogP contribution in [0.3, 0.4) is 0 Å². The number of hydrogen-bond donors (Lipinski definition) is 1. The quantitative estimate of drug-likeness (QED) is 0.752. The Balaban J connectivity index is 1.62. The van der Waals surface area contributed by atoms with Gasteiger partial charge in [0.05, 0.1) is 0 Å². The fraction of sp³-hybridized carbons (Fsp3) is 1.00. The molecule has 3 nitrogen and oxygen atoms in total. The van der Waals surface area contributed by atoms with Crippen molar-refractivity contribution in [3.8, 4) is 0 Å². The first-order chi connectivity index (χ1) is 8.83. The summed E-state index contributed by atoms with van der Waals surface area (Å²) in [6.45, 7) is 9.76. The van der Waals surface area contributed by atoms with E-state index in [4.69, 9.17) is 5.73 Å². The molecule has 2 aliphatic heterocycles. The van der Waals surface area contributed by atoms with Gasteiger partial charge in [0.15, 0.2) is 0 Å². The van der Waals surface area contributed by atoms with Crippen LogP contribution in [0.2, 0.25) is 0 Å². The Kier molecular flexibility index (Phi) is 5.93. The summed E-state index contributed by atoms with van der Waals surface area (Å²) in [5, 5.41) is 0. The van der Waals surface area contributed by atoms with Gasteiger partial charge in [0.1, 0.15) is 0 Å². The SMILES string of the molecule is CCC(CCN)CCCN1CCN2CCCC2C1. The summed E-state index contributed by atoms with van der Waals surface area (Å²) in [5.74, 6) is 0.864. The molecule has 2 rings (SSSR count). The van der Waals surface area contributed by atoms with Crippen molar-refractivity contribution in [1.29, 1.82) is 0 Å². The zero-order valence-electron chi connectivity index (χ0n) is 12.1. The summed E-state index contributed by atoms with van der Waals surface area (Å²) in [6.07, 6.45) is 8.11. The summed E-state index contributed by atoms with van der Waals surface area (Å²) < 4.78 is 0. The maximum atomic E-state index is 5.66. The first-order valence-corrected chi connectivity index (χ1v) is 8.00. The van der Waals surface area contributed by atoms with Crippen molar-refractivity contribution in [2.24, 2.45) is 11.7 Å². The second-order valence-electron chi connectivity index (χ2n) is 6.13. The lowest BCUT2D eigenvalue weighted by molar-refractivity contribution is 0.102. The Hall–Kier alpha value is -0.120. The average Bonchev–Trinajstić information content (AvgIpc) is 2.85. The molecule has 0 bridgehead atoms. The van der Waals surface area contributed by atoms with E-state index in [1.54, 1.807) is 0 Å². The van der Waals surface area contributed by atoms with Crippen molar-refractivity contribution in [2.45, 2.75) is 51.5 Å². The third-order valence-electron chi connectivity index (χ3n) is 4.91. The molecule has 0 aromatic rings. The fourth-order valence-electron chi connectivity index (χ4n) is 3.65. The van der Waals surface area contributed by atoms with Gasteiger partial charge < -0.3 is 10.6 Å². The molecular formula is C15H31N3. The standard InChI is InChI=1S/C15H31N3/c1-2-14(7-8-16)5-3-9-17-11-12-18-10-4-6-15(18)13-17/h14-15H,2-13,16H2,1H3. The van der Waals surface area contributed by atoms with Crippen molar-refractivity contribution in [3.05, 3.63) is 0 Å². The summed E-state index contributed by atoms with van der Waals surface area (Å²) >= 11 is 0. The Bertz CT molecular complexity index is 232. The molecule has 0 aromatic heterocycles. The van der Waals surface area contributed by atoms with Crippen LogP contribution in [0, 0.1) is 5.92 Å². The summed E-state index contributed by atoms with van der Waals surface area (Å²) in [4.78, 5) is 5.39. The van der Waals surface area contributed by atoms with Gasteiger partial charge in [-0.15, -0.1) is 0 Å². The van der Waals surface area contributed by atoms with Crippen molar-refractivity contribution in [3.63, 3.8) is 0 Å².